The third-order valence-electron chi connectivity index (χ3n) is 2.73. The number of benzene rings is 2. The van der Waals surface area contributed by atoms with Gasteiger partial charge in [0.25, 0.3) is 0 Å². The van der Waals surface area contributed by atoms with Crippen molar-refractivity contribution >= 4 is 34.8 Å². The van der Waals surface area contributed by atoms with E-state index in [2.05, 4.69) is 0 Å². The van der Waals surface area contributed by atoms with Crippen LogP contribution in [-0.4, -0.2) is 0 Å². The summed E-state index contributed by atoms with van der Waals surface area (Å²) in [7, 11) is 0. The second-order valence-corrected chi connectivity index (χ2v) is 5.29. The molecule has 21 heavy (non-hydrogen) atoms. The molecule has 0 aliphatic rings. The first-order chi connectivity index (χ1) is 9.75. The maximum Gasteiger partial charge on any atom is 0.200 e. The zero-order valence-corrected chi connectivity index (χ0v) is 12.1. The quantitative estimate of drug-likeness (QED) is 0.266. The summed E-state index contributed by atoms with van der Waals surface area (Å²) in [5.41, 5.74) is -1.21. The lowest BCUT2D eigenvalue weighted by Gasteiger charge is -2.15. The molecule has 1 unspecified atom stereocenters. The normalized spacial score (nSPS) is 12.6. The van der Waals surface area contributed by atoms with E-state index in [-0.39, 0.29) is 15.6 Å². The van der Waals surface area contributed by atoms with E-state index >= 15 is 0 Å². The number of hydrogen-bond acceptors (Lipinski definition) is 0. The Bertz CT molecular complexity index is 688. The van der Waals surface area contributed by atoms with Crippen molar-refractivity contribution in [2.75, 3.05) is 0 Å². The third kappa shape index (κ3) is 2.82. The molecule has 0 heterocycles. The molecule has 0 amide bonds. The third-order valence-corrected chi connectivity index (χ3v) is 3.75. The summed E-state index contributed by atoms with van der Waals surface area (Å²) in [4.78, 5) is 0. The summed E-state index contributed by atoms with van der Waals surface area (Å²) in [5.74, 6) is -10.4. The Morgan fingerprint density at radius 2 is 1.24 bits per heavy atom. The van der Waals surface area contributed by atoms with Gasteiger partial charge in [0.05, 0.1) is 10.9 Å². The molecule has 0 aromatic heterocycles. The van der Waals surface area contributed by atoms with Crippen LogP contribution in [0.3, 0.4) is 0 Å². The van der Waals surface area contributed by atoms with E-state index in [4.69, 9.17) is 34.8 Å². The van der Waals surface area contributed by atoms with Gasteiger partial charge < -0.3 is 0 Å². The Kier molecular flexibility index (Phi) is 4.66. The van der Waals surface area contributed by atoms with E-state index in [1.807, 2.05) is 0 Å². The molecule has 0 bridgehead atoms. The minimum Gasteiger partial charge on any atom is -0.203 e. The van der Waals surface area contributed by atoms with Crippen molar-refractivity contribution in [3.63, 3.8) is 0 Å². The molecule has 0 saturated carbocycles. The van der Waals surface area contributed by atoms with Crippen LogP contribution in [0.2, 0.25) is 10.0 Å². The van der Waals surface area contributed by atoms with Gasteiger partial charge in [0.1, 0.15) is 0 Å². The van der Waals surface area contributed by atoms with Gasteiger partial charge in [-0.2, -0.15) is 0 Å². The van der Waals surface area contributed by atoms with Crippen molar-refractivity contribution in [1.82, 2.24) is 0 Å². The molecule has 2 aromatic rings. The number of halogens is 8. The molecule has 2 rings (SSSR count). The lowest BCUT2D eigenvalue weighted by Crippen LogP contribution is -2.10. The lowest BCUT2D eigenvalue weighted by atomic mass is 10.0. The Labute approximate surface area is 131 Å². The highest BCUT2D eigenvalue weighted by atomic mass is 35.5. The zero-order valence-electron chi connectivity index (χ0n) is 9.83. The Hall–Kier alpha value is -1.04. The molecule has 0 aliphatic carbocycles. The molecular formula is C13H4Cl3F5. The fourth-order valence-corrected chi connectivity index (χ4v) is 2.66. The monoisotopic (exact) mass is 360 g/mol. The average Bonchev–Trinajstić information content (AvgIpc) is 2.43. The Morgan fingerprint density at radius 3 is 1.71 bits per heavy atom. The molecule has 8 heteroatoms. The Balaban J connectivity index is 2.66. The highest BCUT2D eigenvalue weighted by Crippen LogP contribution is 2.39. The number of alkyl halides is 1. The minimum absolute atomic E-state index is 0.0362. The van der Waals surface area contributed by atoms with Gasteiger partial charge in [-0.05, 0) is 17.7 Å². The fourth-order valence-electron chi connectivity index (χ4n) is 1.71. The van der Waals surface area contributed by atoms with Crippen LogP contribution in [0.25, 0.3) is 0 Å². The summed E-state index contributed by atoms with van der Waals surface area (Å²) >= 11 is 17.3. The van der Waals surface area contributed by atoms with Crippen molar-refractivity contribution in [2.45, 2.75) is 5.38 Å². The van der Waals surface area contributed by atoms with Crippen molar-refractivity contribution in [1.29, 1.82) is 0 Å². The second kappa shape index (κ2) is 5.99. The minimum atomic E-state index is -2.25. The molecule has 0 radical (unpaired) electrons. The van der Waals surface area contributed by atoms with Crippen LogP contribution in [-0.2, 0) is 0 Å². The van der Waals surface area contributed by atoms with Crippen LogP contribution < -0.4 is 0 Å². The highest BCUT2D eigenvalue weighted by molar-refractivity contribution is 6.36. The maximum absolute atomic E-state index is 13.7. The first kappa shape index (κ1) is 16.3. The molecule has 0 nitrogen and oxygen atoms in total. The molecule has 1 atom stereocenters. The smallest absolute Gasteiger partial charge is 0.200 e. The number of hydrogen-bond donors (Lipinski definition) is 0. The van der Waals surface area contributed by atoms with Gasteiger partial charge in [-0.1, -0.05) is 29.3 Å². The standard InChI is InChI=1S/C13H4Cl3F5/c14-4-1-2-5(6(15)3-4)8(16)7-9(17)11(19)13(21)12(20)10(7)18/h1-3,8H. The van der Waals surface area contributed by atoms with Gasteiger partial charge in [0.2, 0.25) is 5.82 Å². The van der Waals surface area contributed by atoms with E-state index < -0.39 is 40.0 Å². The largest absolute Gasteiger partial charge is 0.203 e. The van der Waals surface area contributed by atoms with E-state index in [1.165, 1.54) is 18.2 Å². The van der Waals surface area contributed by atoms with Crippen LogP contribution in [0.4, 0.5) is 22.0 Å². The van der Waals surface area contributed by atoms with Crippen LogP contribution in [0.15, 0.2) is 18.2 Å². The topological polar surface area (TPSA) is 0 Å². The summed E-state index contributed by atoms with van der Waals surface area (Å²) in [5, 5.41) is -1.50. The highest BCUT2D eigenvalue weighted by Gasteiger charge is 2.31. The summed E-state index contributed by atoms with van der Waals surface area (Å²) in [6, 6.07) is 3.80. The average molecular weight is 362 g/mol. The fraction of sp³-hybridized carbons (Fsp3) is 0.0769. The van der Waals surface area contributed by atoms with Gasteiger partial charge >= 0.3 is 0 Å². The van der Waals surface area contributed by atoms with Crippen molar-refractivity contribution in [3.05, 3.63) is 68.5 Å². The summed E-state index contributed by atoms with van der Waals surface area (Å²) in [6.07, 6.45) is 0. The van der Waals surface area contributed by atoms with E-state index in [1.54, 1.807) is 0 Å². The van der Waals surface area contributed by atoms with Gasteiger partial charge in [-0.15, -0.1) is 11.6 Å². The van der Waals surface area contributed by atoms with Gasteiger partial charge in [0.15, 0.2) is 23.3 Å². The zero-order chi connectivity index (χ0) is 15.9. The first-order valence-electron chi connectivity index (χ1n) is 5.36. The van der Waals surface area contributed by atoms with E-state index in [9.17, 15) is 22.0 Å². The molecule has 0 saturated heterocycles. The van der Waals surface area contributed by atoms with Crippen LogP contribution >= 0.6 is 34.8 Å². The van der Waals surface area contributed by atoms with Crippen LogP contribution in [0.1, 0.15) is 16.5 Å². The molecule has 0 spiro atoms. The Morgan fingerprint density at radius 1 is 0.762 bits per heavy atom. The SMILES string of the molecule is Fc1c(F)c(F)c(C(Cl)c2ccc(Cl)cc2Cl)c(F)c1F. The first-order valence-corrected chi connectivity index (χ1v) is 6.55. The lowest BCUT2D eigenvalue weighted by molar-refractivity contribution is 0.371. The van der Waals surface area contributed by atoms with Crippen molar-refractivity contribution in [3.8, 4) is 0 Å². The molecular weight excluding hydrogens is 357 g/mol. The van der Waals surface area contributed by atoms with Gasteiger partial charge in [-0.3, -0.25) is 0 Å². The van der Waals surface area contributed by atoms with E-state index in [0.29, 0.717) is 0 Å². The van der Waals surface area contributed by atoms with Crippen LogP contribution in [0, 0.1) is 29.1 Å². The molecule has 0 N–H and O–H groups in total. The maximum atomic E-state index is 13.7. The molecule has 0 aliphatic heterocycles. The van der Waals surface area contributed by atoms with Gasteiger partial charge in [-0.25, -0.2) is 22.0 Å². The molecule has 2 aromatic carbocycles. The van der Waals surface area contributed by atoms with Crippen molar-refractivity contribution in [2.24, 2.45) is 0 Å². The second-order valence-electron chi connectivity index (χ2n) is 4.01. The predicted octanol–water partition coefficient (Wildman–Crippen LogP) is 6.02. The van der Waals surface area contributed by atoms with Crippen molar-refractivity contribution < 1.29 is 22.0 Å². The molecule has 0 fully saturated rings. The van der Waals surface area contributed by atoms with Gasteiger partial charge in [0, 0.05) is 10.0 Å². The van der Waals surface area contributed by atoms with Crippen LogP contribution in [0.5, 0.6) is 0 Å². The summed E-state index contributed by atoms with van der Waals surface area (Å²) < 4.78 is 66.7. The summed E-state index contributed by atoms with van der Waals surface area (Å²) in [6.45, 7) is 0. The predicted molar refractivity (Wildman–Crippen MR) is 70.4 cm³/mol. The van der Waals surface area contributed by atoms with E-state index in [0.717, 1.165) is 0 Å². The molecule has 112 valence electrons. The number of rotatable bonds is 2.